The van der Waals surface area contributed by atoms with Crippen LogP contribution in [0.1, 0.15) is 25.7 Å². The van der Waals surface area contributed by atoms with E-state index in [-0.39, 0.29) is 0 Å². The topological polar surface area (TPSA) is 57.7 Å². The Balaban J connectivity index is 1.68. The molecule has 14 heavy (non-hydrogen) atoms. The summed E-state index contributed by atoms with van der Waals surface area (Å²) in [5, 5.41) is 14.0. The van der Waals surface area contributed by atoms with Crippen molar-refractivity contribution in [3.8, 4) is 0 Å². The maximum absolute atomic E-state index is 3.99. The van der Waals surface area contributed by atoms with Crippen molar-refractivity contribution in [3.63, 3.8) is 0 Å². The predicted molar refractivity (Wildman–Crippen MR) is 51.8 cm³/mol. The van der Waals surface area contributed by atoms with E-state index in [1.807, 2.05) is 7.05 Å². The summed E-state index contributed by atoms with van der Waals surface area (Å²) in [4.78, 5) is 2.12. The summed E-state index contributed by atoms with van der Waals surface area (Å²) in [7, 11) is 2.05. The van der Waals surface area contributed by atoms with Crippen LogP contribution in [-0.4, -0.2) is 34.2 Å². The average molecular weight is 193 g/mol. The number of fused-ring (bicyclic) bond motifs is 1. The number of hydrogen-bond acceptors (Lipinski definition) is 4. The van der Waals surface area contributed by atoms with Gasteiger partial charge in [-0.15, -0.1) is 5.10 Å². The van der Waals surface area contributed by atoms with Crippen LogP contribution >= 0.6 is 0 Å². The number of rotatable bonds is 3. The highest BCUT2D eigenvalue weighted by atomic mass is 15.5. The molecule has 0 aliphatic heterocycles. The van der Waals surface area contributed by atoms with Gasteiger partial charge in [0.15, 0.2) is 0 Å². The second-order valence-electron chi connectivity index (χ2n) is 4.72. The minimum atomic E-state index is 0.607. The molecule has 5 heteroatoms. The van der Waals surface area contributed by atoms with Crippen molar-refractivity contribution in [2.45, 2.75) is 25.7 Å². The first-order chi connectivity index (χ1) is 6.80. The first kappa shape index (κ1) is 8.20. The van der Waals surface area contributed by atoms with Crippen molar-refractivity contribution < 1.29 is 0 Å². The van der Waals surface area contributed by atoms with Crippen LogP contribution in [0.2, 0.25) is 0 Å². The molecule has 3 rings (SSSR count). The molecule has 0 aromatic carbocycles. The first-order valence-electron chi connectivity index (χ1n) is 5.25. The molecule has 5 nitrogen and oxygen atoms in total. The van der Waals surface area contributed by atoms with Gasteiger partial charge in [-0.1, -0.05) is 11.5 Å². The van der Waals surface area contributed by atoms with E-state index < -0.39 is 0 Å². The lowest BCUT2D eigenvalue weighted by molar-refractivity contribution is 0.485. The zero-order chi connectivity index (χ0) is 9.60. The van der Waals surface area contributed by atoms with Gasteiger partial charge in [0.25, 0.3) is 5.95 Å². The molecule has 2 atom stereocenters. The fraction of sp³-hybridized carbons (Fsp3) is 0.889. The first-order valence-corrected chi connectivity index (χ1v) is 5.25. The predicted octanol–water partition coefficient (Wildman–Crippen LogP) is 0.826. The van der Waals surface area contributed by atoms with E-state index in [2.05, 4.69) is 25.5 Å². The molecular formula is C9H15N5. The van der Waals surface area contributed by atoms with Gasteiger partial charge in [-0.2, -0.15) is 5.21 Å². The fourth-order valence-electron chi connectivity index (χ4n) is 2.98. The van der Waals surface area contributed by atoms with Crippen molar-refractivity contribution in [1.82, 2.24) is 20.6 Å². The number of nitrogens with one attached hydrogen (secondary N) is 1. The van der Waals surface area contributed by atoms with Gasteiger partial charge in [0.2, 0.25) is 0 Å². The average Bonchev–Trinajstić information content (AvgIpc) is 2.62. The lowest BCUT2D eigenvalue weighted by Gasteiger charge is -2.20. The third-order valence-corrected chi connectivity index (χ3v) is 3.81. The number of aromatic nitrogens is 4. The highest BCUT2D eigenvalue weighted by Crippen LogP contribution is 2.63. The summed E-state index contributed by atoms with van der Waals surface area (Å²) in [6.07, 6.45) is 5.64. The van der Waals surface area contributed by atoms with E-state index in [1.54, 1.807) is 0 Å². The van der Waals surface area contributed by atoms with Crippen molar-refractivity contribution in [2.24, 2.45) is 11.3 Å². The van der Waals surface area contributed by atoms with Crippen LogP contribution in [0.25, 0.3) is 0 Å². The van der Waals surface area contributed by atoms with E-state index in [0.29, 0.717) is 5.41 Å². The van der Waals surface area contributed by atoms with Crippen LogP contribution in [0.15, 0.2) is 0 Å². The highest BCUT2D eigenvalue weighted by molar-refractivity contribution is 5.27. The molecule has 0 spiro atoms. The standard InChI is InChI=1S/C9H15N5/c1-14(8-10-12-13-11-8)6-9-4-2-3-7(9)5-9/h7H,2-6H2,1H3,(H,10,11,12,13). The Morgan fingerprint density at radius 2 is 2.57 bits per heavy atom. The van der Waals surface area contributed by atoms with Gasteiger partial charge in [-0.3, -0.25) is 0 Å². The third-order valence-electron chi connectivity index (χ3n) is 3.81. The number of anilines is 1. The second-order valence-corrected chi connectivity index (χ2v) is 4.72. The molecule has 1 heterocycles. The lowest BCUT2D eigenvalue weighted by Crippen LogP contribution is -2.27. The SMILES string of the molecule is CN(CC12CCCC1C2)c1nn[nH]n1. The third kappa shape index (κ3) is 1.11. The van der Waals surface area contributed by atoms with Crippen molar-refractivity contribution in [1.29, 1.82) is 0 Å². The van der Waals surface area contributed by atoms with Gasteiger partial charge in [0.1, 0.15) is 0 Å². The summed E-state index contributed by atoms with van der Waals surface area (Å²) < 4.78 is 0. The fourth-order valence-corrected chi connectivity index (χ4v) is 2.98. The quantitative estimate of drug-likeness (QED) is 0.772. The number of aromatic amines is 1. The summed E-state index contributed by atoms with van der Waals surface area (Å²) in [6.45, 7) is 1.09. The maximum atomic E-state index is 3.99. The minimum absolute atomic E-state index is 0.607. The van der Waals surface area contributed by atoms with Crippen LogP contribution in [-0.2, 0) is 0 Å². The van der Waals surface area contributed by atoms with Crippen molar-refractivity contribution in [3.05, 3.63) is 0 Å². The van der Waals surface area contributed by atoms with Crippen LogP contribution in [0, 0.1) is 11.3 Å². The Labute approximate surface area is 82.9 Å². The molecule has 2 unspecified atom stereocenters. The van der Waals surface area contributed by atoms with Gasteiger partial charge < -0.3 is 4.90 Å². The number of hydrogen-bond donors (Lipinski definition) is 1. The monoisotopic (exact) mass is 193 g/mol. The molecule has 2 aliphatic rings. The normalized spacial score (nSPS) is 34.2. The van der Waals surface area contributed by atoms with E-state index in [4.69, 9.17) is 0 Å². The van der Waals surface area contributed by atoms with E-state index in [0.717, 1.165) is 18.4 Å². The Morgan fingerprint density at radius 1 is 1.64 bits per heavy atom. The Morgan fingerprint density at radius 3 is 3.14 bits per heavy atom. The van der Waals surface area contributed by atoms with E-state index in [1.165, 1.54) is 25.7 Å². The molecule has 1 aromatic heterocycles. The minimum Gasteiger partial charge on any atom is -0.341 e. The Hall–Kier alpha value is -1.13. The van der Waals surface area contributed by atoms with Crippen LogP contribution in [0.4, 0.5) is 5.95 Å². The summed E-state index contributed by atoms with van der Waals surface area (Å²) in [5.74, 6) is 1.70. The van der Waals surface area contributed by atoms with Crippen LogP contribution in [0.3, 0.4) is 0 Å². The van der Waals surface area contributed by atoms with Gasteiger partial charge >= 0.3 is 0 Å². The second kappa shape index (κ2) is 2.68. The molecule has 0 bridgehead atoms. The molecule has 0 saturated heterocycles. The summed E-state index contributed by atoms with van der Waals surface area (Å²) in [6, 6.07) is 0. The number of H-pyrrole nitrogens is 1. The van der Waals surface area contributed by atoms with Crippen molar-refractivity contribution in [2.75, 3.05) is 18.5 Å². The molecule has 76 valence electrons. The largest absolute Gasteiger partial charge is 0.341 e. The van der Waals surface area contributed by atoms with Gasteiger partial charge in [-0.25, -0.2) is 0 Å². The molecular weight excluding hydrogens is 178 g/mol. The van der Waals surface area contributed by atoms with E-state index in [9.17, 15) is 0 Å². The zero-order valence-electron chi connectivity index (χ0n) is 8.40. The highest BCUT2D eigenvalue weighted by Gasteiger charge is 2.57. The smallest absolute Gasteiger partial charge is 0.265 e. The molecule has 1 aromatic rings. The zero-order valence-corrected chi connectivity index (χ0v) is 8.40. The molecule has 0 amide bonds. The lowest BCUT2D eigenvalue weighted by atomic mass is 10.0. The van der Waals surface area contributed by atoms with E-state index >= 15 is 0 Å². The number of tetrazole rings is 1. The van der Waals surface area contributed by atoms with Crippen LogP contribution < -0.4 is 4.90 Å². The Kier molecular flexibility index (Phi) is 1.57. The molecule has 2 fully saturated rings. The summed E-state index contributed by atoms with van der Waals surface area (Å²) >= 11 is 0. The van der Waals surface area contributed by atoms with Gasteiger partial charge in [-0.05, 0) is 35.8 Å². The number of nitrogens with zero attached hydrogens (tertiary/aromatic N) is 4. The molecule has 2 aliphatic carbocycles. The molecule has 0 radical (unpaired) electrons. The van der Waals surface area contributed by atoms with Gasteiger partial charge in [0.05, 0.1) is 0 Å². The molecule has 2 saturated carbocycles. The summed E-state index contributed by atoms with van der Waals surface area (Å²) in [5.41, 5.74) is 0.607. The maximum Gasteiger partial charge on any atom is 0.265 e. The van der Waals surface area contributed by atoms with Gasteiger partial charge in [0, 0.05) is 13.6 Å². The molecule has 1 N–H and O–H groups in total. The Bertz CT molecular complexity index is 322. The van der Waals surface area contributed by atoms with Crippen molar-refractivity contribution >= 4 is 5.95 Å². The van der Waals surface area contributed by atoms with Crippen LogP contribution in [0.5, 0.6) is 0 Å².